The number of carbonyl (C=O) groups is 4. The highest BCUT2D eigenvalue weighted by atomic mass is 16.6. The van der Waals surface area contributed by atoms with Gasteiger partial charge in [-0.2, -0.15) is 0 Å². The summed E-state index contributed by atoms with van der Waals surface area (Å²) < 4.78 is 9.78. The van der Waals surface area contributed by atoms with Crippen molar-refractivity contribution in [3.63, 3.8) is 0 Å². The minimum atomic E-state index is -1.51. The van der Waals surface area contributed by atoms with E-state index in [1.54, 1.807) is 31.2 Å². The summed E-state index contributed by atoms with van der Waals surface area (Å²) in [5.74, 6) is -2.71. The van der Waals surface area contributed by atoms with Crippen LogP contribution in [0.4, 0.5) is 0 Å². The molecule has 0 heterocycles. The van der Waals surface area contributed by atoms with Crippen LogP contribution in [-0.4, -0.2) is 36.4 Å². The van der Waals surface area contributed by atoms with Crippen LogP contribution in [0.5, 0.6) is 0 Å². The van der Waals surface area contributed by atoms with Crippen molar-refractivity contribution in [2.45, 2.75) is 33.4 Å². The molecule has 0 aliphatic rings. The Morgan fingerprint density at radius 1 is 1.08 bits per heavy atom. The third kappa shape index (κ3) is 7.26. The molecule has 8 heteroatoms. The molecule has 1 unspecified atom stereocenters. The summed E-state index contributed by atoms with van der Waals surface area (Å²) in [5.41, 5.74) is 1.24. The van der Waals surface area contributed by atoms with Gasteiger partial charge in [0.15, 0.2) is 0 Å². The number of amides is 2. The van der Waals surface area contributed by atoms with Gasteiger partial charge in [0.1, 0.15) is 12.2 Å². The number of hydrogen-bond donors (Lipinski definition) is 1. The maximum absolute atomic E-state index is 12.0. The van der Waals surface area contributed by atoms with Crippen LogP contribution in [0.3, 0.4) is 0 Å². The Kier molecular flexibility index (Phi) is 7.79. The number of esters is 2. The maximum Gasteiger partial charge on any atom is 0.512 e. The van der Waals surface area contributed by atoms with Crippen molar-refractivity contribution < 1.29 is 28.7 Å². The molecule has 0 bridgehead atoms. The van der Waals surface area contributed by atoms with Crippen molar-refractivity contribution in [1.29, 1.82) is 0 Å². The maximum atomic E-state index is 12.0. The van der Waals surface area contributed by atoms with E-state index in [0.29, 0.717) is 11.1 Å². The Labute approximate surface area is 144 Å². The smallest absolute Gasteiger partial charge is 0.464 e. The predicted molar refractivity (Wildman–Crippen MR) is 87.5 cm³/mol. The zero-order chi connectivity index (χ0) is 18.8. The average molecular weight is 347 g/mol. The van der Waals surface area contributed by atoms with Crippen molar-refractivity contribution in [3.8, 4) is 6.07 Å². The van der Waals surface area contributed by atoms with Crippen molar-refractivity contribution in [1.82, 2.24) is 5.32 Å². The second-order valence-corrected chi connectivity index (χ2v) is 4.93. The van der Waals surface area contributed by atoms with Gasteiger partial charge in [-0.05, 0) is 24.6 Å². The number of ether oxygens (including phenoxy) is 2. The third-order valence-electron chi connectivity index (χ3n) is 2.78. The number of benzene rings is 1. The molecular formula is C17H19N2O6+. The Morgan fingerprint density at radius 2 is 1.68 bits per heavy atom. The first-order valence-corrected chi connectivity index (χ1v) is 7.50. The van der Waals surface area contributed by atoms with E-state index < -0.39 is 23.9 Å². The summed E-state index contributed by atoms with van der Waals surface area (Å²) in [6.45, 7) is 4.05. The van der Waals surface area contributed by atoms with Gasteiger partial charge in [0.2, 0.25) is 11.9 Å². The highest BCUT2D eigenvalue weighted by Crippen LogP contribution is 2.06. The van der Waals surface area contributed by atoms with E-state index in [1.807, 2.05) is 0 Å². The van der Waals surface area contributed by atoms with E-state index in [9.17, 15) is 19.2 Å². The lowest BCUT2D eigenvalue weighted by Crippen LogP contribution is -2.47. The Hall–Kier alpha value is -3.21. The Balaban J connectivity index is 2.69. The van der Waals surface area contributed by atoms with Gasteiger partial charge < -0.3 is 14.8 Å². The molecule has 2 amide bonds. The predicted octanol–water partition coefficient (Wildman–Crippen LogP) is 1.03. The molecule has 0 fully saturated rings. The number of nitrogens with one attached hydrogen (secondary N) is 1. The summed E-state index contributed by atoms with van der Waals surface area (Å²) >= 11 is 0. The van der Waals surface area contributed by atoms with Crippen LogP contribution < -0.4 is 5.32 Å². The monoisotopic (exact) mass is 347 g/mol. The van der Waals surface area contributed by atoms with Crippen LogP contribution in [-0.2, 0) is 35.3 Å². The SMILES string of the molecule is CCOC(=O)C(NC(C)=O)C(=O)OCc1ccc(C#[N+]C(C)=O)cc1. The molecule has 25 heavy (non-hydrogen) atoms. The second kappa shape index (κ2) is 9.82. The first-order valence-electron chi connectivity index (χ1n) is 7.50. The van der Waals surface area contributed by atoms with Gasteiger partial charge in [0.25, 0.3) is 0 Å². The van der Waals surface area contributed by atoms with Crippen LogP contribution in [0.2, 0.25) is 0 Å². The summed E-state index contributed by atoms with van der Waals surface area (Å²) in [6.07, 6.45) is 0. The number of carbonyl (C=O) groups excluding carboxylic acids is 4. The zero-order valence-electron chi connectivity index (χ0n) is 14.2. The van der Waals surface area contributed by atoms with Gasteiger partial charge in [-0.3, -0.25) is 4.79 Å². The molecule has 0 saturated heterocycles. The summed E-state index contributed by atoms with van der Waals surface area (Å²) in [7, 11) is 0. The second-order valence-electron chi connectivity index (χ2n) is 4.93. The van der Waals surface area contributed by atoms with Gasteiger partial charge in [0, 0.05) is 11.8 Å². The molecule has 0 spiro atoms. The normalized spacial score (nSPS) is 10.7. The van der Waals surface area contributed by atoms with Crippen LogP contribution >= 0.6 is 0 Å². The number of nitrogens with zero attached hydrogens (tertiary/aromatic N) is 1. The number of hydrogen-bond acceptors (Lipinski definition) is 6. The van der Waals surface area contributed by atoms with Gasteiger partial charge in [-0.25, -0.2) is 14.4 Å². The first-order chi connectivity index (χ1) is 11.8. The Morgan fingerprint density at radius 3 is 2.20 bits per heavy atom. The van der Waals surface area contributed by atoms with Crippen molar-refractivity contribution in [3.05, 3.63) is 40.2 Å². The molecule has 0 aliphatic carbocycles. The third-order valence-corrected chi connectivity index (χ3v) is 2.78. The van der Waals surface area contributed by atoms with Crippen LogP contribution in [0.15, 0.2) is 24.3 Å². The van der Waals surface area contributed by atoms with Gasteiger partial charge in [0.05, 0.1) is 13.5 Å². The first kappa shape index (κ1) is 19.8. The summed E-state index contributed by atoms with van der Waals surface area (Å²) in [6, 6.07) is 7.66. The van der Waals surface area contributed by atoms with Crippen LogP contribution in [0, 0.1) is 6.07 Å². The molecule has 1 N–H and O–H groups in total. The number of rotatable bonds is 6. The fourth-order valence-corrected chi connectivity index (χ4v) is 1.70. The molecule has 1 aromatic rings. The fraction of sp³-hybridized carbons (Fsp3) is 0.353. The lowest BCUT2D eigenvalue weighted by atomic mass is 10.1. The minimum absolute atomic E-state index is 0.0714. The molecule has 0 saturated carbocycles. The molecule has 0 aliphatic heterocycles. The van der Waals surface area contributed by atoms with E-state index in [-0.39, 0.29) is 19.1 Å². The van der Waals surface area contributed by atoms with Gasteiger partial charge in [-0.1, -0.05) is 12.1 Å². The molecule has 0 aromatic heterocycles. The molecule has 132 valence electrons. The lowest BCUT2D eigenvalue weighted by Gasteiger charge is -2.15. The molecule has 8 nitrogen and oxygen atoms in total. The van der Waals surface area contributed by atoms with Gasteiger partial charge in [-0.15, -0.1) is 0 Å². The zero-order valence-corrected chi connectivity index (χ0v) is 14.2. The van der Waals surface area contributed by atoms with E-state index in [0.717, 1.165) is 0 Å². The van der Waals surface area contributed by atoms with Crippen LogP contribution in [0.1, 0.15) is 31.9 Å². The van der Waals surface area contributed by atoms with E-state index >= 15 is 0 Å². The van der Waals surface area contributed by atoms with E-state index in [4.69, 9.17) is 9.47 Å². The van der Waals surface area contributed by atoms with E-state index in [2.05, 4.69) is 16.2 Å². The molecule has 1 rings (SSSR count). The molecule has 1 aromatic carbocycles. The largest absolute Gasteiger partial charge is 0.512 e. The summed E-state index contributed by atoms with van der Waals surface area (Å²) in [4.78, 5) is 49.1. The molecule has 0 radical (unpaired) electrons. The lowest BCUT2D eigenvalue weighted by molar-refractivity contribution is -0.160. The fourth-order valence-electron chi connectivity index (χ4n) is 1.70. The van der Waals surface area contributed by atoms with Crippen molar-refractivity contribution in [2.24, 2.45) is 0 Å². The average Bonchev–Trinajstić information content (AvgIpc) is 2.56. The standard InChI is InChI=1S/C17H18N2O6/c1-4-24-16(22)15(19-12(3)21)17(23)25-10-14-7-5-13(6-8-14)9-18-11(2)20/h5-8,15H,4,10H2,1-3H3/p+1. The van der Waals surface area contributed by atoms with Crippen molar-refractivity contribution >= 4 is 23.8 Å². The van der Waals surface area contributed by atoms with E-state index in [1.165, 1.54) is 13.8 Å². The quantitative estimate of drug-likeness (QED) is 0.609. The van der Waals surface area contributed by atoms with Crippen molar-refractivity contribution in [2.75, 3.05) is 6.61 Å². The Bertz CT molecular complexity index is 715. The molecule has 1 atom stereocenters. The summed E-state index contributed by atoms with van der Waals surface area (Å²) in [5, 5.41) is 2.19. The molecular weight excluding hydrogens is 328 g/mol. The highest BCUT2D eigenvalue weighted by Gasteiger charge is 2.30. The topological polar surface area (TPSA) is 103 Å². The minimum Gasteiger partial charge on any atom is -0.464 e. The highest BCUT2D eigenvalue weighted by molar-refractivity contribution is 6.02. The van der Waals surface area contributed by atoms with Gasteiger partial charge >= 0.3 is 23.9 Å². The van der Waals surface area contributed by atoms with Crippen LogP contribution in [0.25, 0.3) is 4.85 Å².